The number of benzene rings is 1. The maximum Gasteiger partial charge on any atom is 0.0107 e. The average molecular weight is 244 g/mol. The van der Waals surface area contributed by atoms with Crippen LogP contribution in [0.25, 0.3) is 0 Å². The topological polar surface area (TPSA) is 24.1 Å². The molecule has 2 unspecified atom stereocenters. The Morgan fingerprint density at radius 1 is 1.11 bits per heavy atom. The number of hydrogen-bond acceptors (Lipinski definition) is 2. The highest BCUT2D eigenvalue weighted by molar-refractivity contribution is 5.28. The fourth-order valence-corrected chi connectivity index (χ4v) is 3.30. The predicted octanol–water partition coefficient (Wildman–Crippen LogP) is 2.45. The van der Waals surface area contributed by atoms with Gasteiger partial charge in [-0.15, -0.1) is 0 Å². The smallest absolute Gasteiger partial charge is 0.0107 e. The van der Waals surface area contributed by atoms with E-state index in [2.05, 4.69) is 34.9 Å². The Morgan fingerprint density at radius 3 is 2.89 bits per heavy atom. The maximum atomic E-state index is 3.64. The van der Waals surface area contributed by atoms with E-state index in [0.717, 1.165) is 12.5 Å². The molecule has 2 fully saturated rings. The normalized spacial score (nSPS) is 28.4. The van der Waals surface area contributed by atoms with Gasteiger partial charge in [0.2, 0.25) is 0 Å². The fraction of sp³-hybridized carbons (Fsp3) is 0.625. The summed E-state index contributed by atoms with van der Waals surface area (Å²) in [5.74, 6) is 0.740. The van der Waals surface area contributed by atoms with Gasteiger partial charge in [0, 0.05) is 12.6 Å². The lowest BCUT2D eigenvalue weighted by Gasteiger charge is -2.23. The monoisotopic (exact) mass is 244 g/mol. The lowest BCUT2D eigenvalue weighted by Crippen LogP contribution is -2.35. The molecule has 2 N–H and O–H groups in total. The predicted molar refractivity (Wildman–Crippen MR) is 76.0 cm³/mol. The van der Waals surface area contributed by atoms with E-state index in [4.69, 9.17) is 0 Å². The maximum absolute atomic E-state index is 3.64. The molecule has 1 aromatic carbocycles. The van der Waals surface area contributed by atoms with E-state index in [1.165, 1.54) is 56.3 Å². The summed E-state index contributed by atoms with van der Waals surface area (Å²) >= 11 is 0. The third-order valence-electron chi connectivity index (χ3n) is 4.38. The Labute approximate surface area is 110 Å². The van der Waals surface area contributed by atoms with E-state index in [-0.39, 0.29) is 0 Å². The van der Waals surface area contributed by atoms with Gasteiger partial charge in [-0.25, -0.2) is 0 Å². The lowest BCUT2D eigenvalue weighted by molar-refractivity contribution is 0.399. The van der Waals surface area contributed by atoms with Gasteiger partial charge in [-0.2, -0.15) is 0 Å². The Morgan fingerprint density at radius 2 is 2.11 bits per heavy atom. The Hall–Kier alpha value is -0.860. The standard InChI is InChI=1S/C16H24N2/c1-2-8-18-16(6-1)11-13-4-3-5-14(10-13)15-7-9-17-12-15/h3-5,10,15-18H,1-2,6-9,11-12H2. The van der Waals surface area contributed by atoms with E-state index in [1.54, 1.807) is 0 Å². The van der Waals surface area contributed by atoms with Gasteiger partial charge in [0.15, 0.2) is 0 Å². The van der Waals surface area contributed by atoms with Crippen LogP contribution in [0.15, 0.2) is 24.3 Å². The molecule has 0 radical (unpaired) electrons. The van der Waals surface area contributed by atoms with Crippen molar-refractivity contribution in [2.45, 2.75) is 44.1 Å². The second-order valence-electron chi connectivity index (χ2n) is 5.79. The molecule has 0 aromatic heterocycles. The highest BCUT2D eigenvalue weighted by Gasteiger charge is 2.17. The molecule has 1 aromatic rings. The van der Waals surface area contributed by atoms with Crippen LogP contribution in [0.3, 0.4) is 0 Å². The molecule has 2 saturated heterocycles. The van der Waals surface area contributed by atoms with Gasteiger partial charge in [-0.05, 0) is 55.8 Å². The first kappa shape index (κ1) is 12.2. The molecule has 2 atom stereocenters. The highest BCUT2D eigenvalue weighted by atomic mass is 14.9. The molecule has 3 rings (SSSR count). The quantitative estimate of drug-likeness (QED) is 0.853. The molecule has 0 saturated carbocycles. The van der Waals surface area contributed by atoms with Crippen LogP contribution in [-0.2, 0) is 6.42 Å². The zero-order valence-corrected chi connectivity index (χ0v) is 11.1. The van der Waals surface area contributed by atoms with Gasteiger partial charge in [0.25, 0.3) is 0 Å². The first-order valence-corrected chi connectivity index (χ1v) is 7.45. The molecule has 2 aliphatic rings. The summed E-state index contributed by atoms with van der Waals surface area (Å²) in [5, 5.41) is 7.10. The lowest BCUT2D eigenvalue weighted by atomic mass is 9.93. The van der Waals surface area contributed by atoms with Crippen LogP contribution in [0.1, 0.15) is 42.7 Å². The summed E-state index contributed by atoms with van der Waals surface area (Å²) in [6.45, 7) is 3.54. The van der Waals surface area contributed by atoms with Crippen molar-refractivity contribution in [3.8, 4) is 0 Å². The minimum Gasteiger partial charge on any atom is -0.316 e. The van der Waals surface area contributed by atoms with Crippen molar-refractivity contribution in [1.82, 2.24) is 10.6 Å². The Balaban J connectivity index is 1.66. The first-order valence-electron chi connectivity index (χ1n) is 7.45. The zero-order valence-electron chi connectivity index (χ0n) is 11.1. The summed E-state index contributed by atoms with van der Waals surface area (Å²) in [6, 6.07) is 9.98. The molecular weight excluding hydrogens is 220 g/mol. The number of hydrogen-bond donors (Lipinski definition) is 2. The summed E-state index contributed by atoms with van der Waals surface area (Å²) in [4.78, 5) is 0. The number of piperidine rings is 1. The third-order valence-corrected chi connectivity index (χ3v) is 4.38. The molecule has 2 heteroatoms. The first-order chi connectivity index (χ1) is 8.92. The highest BCUT2D eigenvalue weighted by Crippen LogP contribution is 2.24. The largest absolute Gasteiger partial charge is 0.316 e. The van der Waals surface area contributed by atoms with Crippen LogP contribution in [0.5, 0.6) is 0 Å². The van der Waals surface area contributed by atoms with Crippen molar-refractivity contribution in [2.75, 3.05) is 19.6 Å². The van der Waals surface area contributed by atoms with Crippen LogP contribution in [-0.4, -0.2) is 25.7 Å². The summed E-state index contributed by atoms with van der Waals surface area (Å²) in [7, 11) is 0. The van der Waals surface area contributed by atoms with Gasteiger partial charge < -0.3 is 10.6 Å². The number of nitrogens with one attached hydrogen (secondary N) is 2. The molecule has 0 spiro atoms. The van der Waals surface area contributed by atoms with E-state index in [9.17, 15) is 0 Å². The van der Waals surface area contributed by atoms with Crippen molar-refractivity contribution >= 4 is 0 Å². The van der Waals surface area contributed by atoms with Crippen LogP contribution in [0.2, 0.25) is 0 Å². The fourth-order valence-electron chi connectivity index (χ4n) is 3.30. The molecule has 2 heterocycles. The summed E-state index contributed by atoms with van der Waals surface area (Å²) in [5.41, 5.74) is 3.05. The van der Waals surface area contributed by atoms with Gasteiger partial charge in [-0.3, -0.25) is 0 Å². The molecule has 98 valence electrons. The molecule has 18 heavy (non-hydrogen) atoms. The Kier molecular flexibility index (Phi) is 3.96. The second kappa shape index (κ2) is 5.85. The van der Waals surface area contributed by atoms with E-state index >= 15 is 0 Å². The third kappa shape index (κ3) is 2.93. The van der Waals surface area contributed by atoms with Crippen LogP contribution < -0.4 is 10.6 Å². The zero-order chi connectivity index (χ0) is 12.2. The van der Waals surface area contributed by atoms with E-state index in [1.807, 2.05) is 0 Å². The molecular formula is C16H24N2. The van der Waals surface area contributed by atoms with Crippen molar-refractivity contribution in [3.05, 3.63) is 35.4 Å². The molecule has 2 nitrogen and oxygen atoms in total. The number of rotatable bonds is 3. The van der Waals surface area contributed by atoms with Crippen molar-refractivity contribution in [1.29, 1.82) is 0 Å². The SMILES string of the molecule is c1cc(CC2CCCCN2)cc(C2CCNC2)c1. The molecule has 2 aliphatic heterocycles. The summed E-state index contributed by atoms with van der Waals surface area (Å²) < 4.78 is 0. The van der Waals surface area contributed by atoms with Crippen LogP contribution in [0, 0.1) is 0 Å². The molecule has 0 amide bonds. The van der Waals surface area contributed by atoms with E-state index in [0.29, 0.717) is 6.04 Å². The minimum atomic E-state index is 0.704. The van der Waals surface area contributed by atoms with Gasteiger partial charge in [-0.1, -0.05) is 30.7 Å². The second-order valence-corrected chi connectivity index (χ2v) is 5.79. The van der Waals surface area contributed by atoms with Gasteiger partial charge >= 0.3 is 0 Å². The summed E-state index contributed by atoms with van der Waals surface area (Å²) in [6.07, 6.45) is 6.59. The van der Waals surface area contributed by atoms with E-state index < -0.39 is 0 Å². The average Bonchev–Trinajstić information content (AvgIpc) is 2.94. The minimum absolute atomic E-state index is 0.704. The van der Waals surface area contributed by atoms with Crippen LogP contribution >= 0.6 is 0 Å². The molecule has 0 aliphatic carbocycles. The molecule has 0 bridgehead atoms. The van der Waals surface area contributed by atoms with Crippen molar-refractivity contribution in [2.24, 2.45) is 0 Å². The van der Waals surface area contributed by atoms with Crippen molar-refractivity contribution in [3.63, 3.8) is 0 Å². The van der Waals surface area contributed by atoms with Gasteiger partial charge in [0.1, 0.15) is 0 Å². The Bertz CT molecular complexity index is 376. The van der Waals surface area contributed by atoms with Gasteiger partial charge in [0.05, 0.1) is 0 Å². The van der Waals surface area contributed by atoms with Crippen LogP contribution in [0.4, 0.5) is 0 Å². The van der Waals surface area contributed by atoms with Crippen molar-refractivity contribution < 1.29 is 0 Å².